The molecule has 6 heteroatoms. The molecule has 0 spiro atoms. The third kappa shape index (κ3) is 4.50. The molecule has 0 saturated carbocycles. The van der Waals surface area contributed by atoms with E-state index in [2.05, 4.69) is 40.7 Å². The number of likely N-dealkylation sites (N-methyl/N-ethyl adjacent to an activating group) is 1. The van der Waals surface area contributed by atoms with Gasteiger partial charge in [-0.15, -0.1) is 0 Å². The summed E-state index contributed by atoms with van der Waals surface area (Å²) in [5, 5.41) is 0. The lowest BCUT2D eigenvalue weighted by atomic mass is 9.93. The van der Waals surface area contributed by atoms with Gasteiger partial charge in [-0.25, -0.2) is 4.98 Å². The lowest BCUT2D eigenvalue weighted by Gasteiger charge is -2.25. The normalized spacial score (nSPS) is 19.7. The second kappa shape index (κ2) is 8.57. The van der Waals surface area contributed by atoms with Gasteiger partial charge in [-0.2, -0.15) is 0 Å². The van der Waals surface area contributed by atoms with Crippen LogP contribution in [0.25, 0.3) is 0 Å². The van der Waals surface area contributed by atoms with Crippen molar-refractivity contribution in [3.63, 3.8) is 0 Å². The SMILES string of the molecule is COc1ccc([C@@H]2CN(C(=O)CCCn3ccnc3C)C[C@H]2N(C)C)cc1. The molecule has 146 valence electrons. The molecule has 2 aromatic rings. The lowest BCUT2D eigenvalue weighted by Crippen LogP contribution is -2.35. The van der Waals surface area contributed by atoms with Crippen molar-refractivity contribution in [3.8, 4) is 5.75 Å². The van der Waals surface area contributed by atoms with E-state index >= 15 is 0 Å². The largest absolute Gasteiger partial charge is 0.497 e. The van der Waals surface area contributed by atoms with Crippen LogP contribution in [-0.4, -0.2) is 65.6 Å². The summed E-state index contributed by atoms with van der Waals surface area (Å²) in [6.45, 7) is 4.39. The quantitative estimate of drug-likeness (QED) is 0.752. The fourth-order valence-electron chi connectivity index (χ4n) is 3.89. The van der Waals surface area contributed by atoms with Gasteiger partial charge >= 0.3 is 0 Å². The van der Waals surface area contributed by atoms with Gasteiger partial charge in [0.1, 0.15) is 11.6 Å². The van der Waals surface area contributed by atoms with Gasteiger partial charge in [-0.05, 0) is 45.1 Å². The van der Waals surface area contributed by atoms with E-state index in [0.717, 1.165) is 37.6 Å². The van der Waals surface area contributed by atoms with Gasteiger partial charge in [-0.3, -0.25) is 4.79 Å². The van der Waals surface area contributed by atoms with Crippen LogP contribution in [0.1, 0.15) is 30.1 Å². The third-order valence-electron chi connectivity index (χ3n) is 5.56. The van der Waals surface area contributed by atoms with Crippen molar-refractivity contribution in [3.05, 3.63) is 48.0 Å². The van der Waals surface area contributed by atoms with Crippen molar-refractivity contribution in [1.29, 1.82) is 0 Å². The number of ether oxygens (including phenoxy) is 1. The number of hydrogen-bond acceptors (Lipinski definition) is 4. The Hall–Kier alpha value is -2.34. The first-order valence-corrected chi connectivity index (χ1v) is 9.55. The van der Waals surface area contributed by atoms with Gasteiger partial charge in [0.15, 0.2) is 0 Å². The Morgan fingerprint density at radius 1 is 1.26 bits per heavy atom. The van der Waals surface area contributed by atoms with Crippen LogP contribution in [0.2, 0.25) is 0 Å². The van der Waals surface area contributed by atoms with Crippen molar-refractivity contribution in [2.75, 3.05) is 34.3 Å². The maximum absolute atomic E-state index is 12.8. The Labute approximate surface area is 161 Å². The summed E-state index contributed by atoms with van der Waals surface area (Å²) in [6, 6.07) is 8.57. The first-order chi connectivity index (χ1) is 13.0. The van der Waals surface area contributed by atoms with E-state index in [-0.39, 0.29) is 5.91 Å². The van der Waals surface area contributed by atoms with E-state index in [9.17, 15) is 4.79 Å². The molecular formula is C21H30N4O2. The number of hydrogen-bond donors (Lipinski definition) is 0. The summed E-state index contributed by atoms with van der Waals surface area (Å²) in [6.07, 6.45) is 5.19. The second-order valence-electron chi connectivity index (χ2n) is 7.48. The molecule has 1 aromatic heterocycles. The van der Waals surface area contributed by atoms with Crippen LogP contribution in [0.15, 0.2) is 36.7 Å². The summed E-state index contributed by atoms with van der Waals surface area (Å²) in [7, 11) is 5.87. The van der Waals surface area contributed by atoms with E-state index < -0.39 is 0 Å². The molecule has 1 saturated heterocycles. The highest BCUT2D eigenvalue weighted by Crippen LogP contribution is 2.31. The number of amides is 1. The Balaban J connectivity index is 1.61. The number of benzene rings is 1. The van der Waals surface area contributed by atoms with Crippen LogP contribution in [0.3, 0.4) is 0 Å². The second-order valence-corrected chi connectivity index (χ2v) is 7.48. The van der Waals surface area contributed by atoms with Crippen molar-refractivity contribution in [2.24, 2.45) is 0 Å². The number of carbonyl (C=O) groups is 1. The predicted octanol–water partition coefficient (Wildman–Crippen LogP) is 2.54. The Morgan fingerprint density at radius 3 is 2.59 bits per heavy atom. The number of likely N-dealkylation sites (tertiary alicyclic amines) is 1. The summed E-state index contributed by atoms with van der Waals surface area (Å²) in [5.74, 6) is 2.43. The highest BCUT2D eigenvalue weighted by Gasteiger charge is 2.37. The van der Waals surface area contributed by atoms with Crippen molar-refractivity contribution >= 4 is 5.91 Å². The Morgan fingerprint density at radius 2 is 2.00 bits per heavy atom. The lowest BCUT2D eigenvalue weighted by molar-refractivity contribution is -0.130. The van der Waals surface area contributed by atoms with Crippen LogP contribution in [0.5, 0.6) is 5.75 Å². The molecule has 0 unspecified atom stereocenters. The fraction of sp³-hybridized carbons (Fsp3) is 0.524. The first-order valence-electron chi connectivity index (χ1n) is 9.55. The fourth-order valence-corrected chi connectivity index (χ4v) is 3.89. The van der Waals surface area contributed by atoms with Gasteiger partial charge in [0.05, 0.1) is 7.11 Å². The van der Waals surface area contributed by atoms with E-state index in [1.807, 2.05) is 30.2 Å². The first kappa shape index (κ1) is 19.4. The zero-order chi connectivity index (χ0) is 19.4. The molecule has 2 atom stereocenters. The minimum Gasteiger partial charge on any atom is -0.497 e. The van der Waals surface area contributed by atoms with Crippen molar-refractivity contribution < 1.29 is 9.53 Å². The van der Waals surface area contributed by atoms with E-state index in [1.165, 1.54) is 5.56 Å². The minimum absolute atomic E-state index is 0.246. The predicted molar refractivity (Wildman–Crippen MR) is 106 cm³/mol. The Bertz CT molecular complexity index is 754. The van der Waals surface area contributed by atoms with E-state index in [0.29, 0.717) is 18.4 Å². The third-order valence-corrected chi connectivity index (χ3v) is 5.56. The van der Waals surface area contributed by atoms with Crippen molar-refractivity contribution in [2.45, 2.75) is 38.3 Å². The number of aryl methyl sites for hydroxylation is 2. The standard InChI is InChI=1S/C21H30N4O2/c1-16-22-11-13-24(16)12-5-6-21(26)25-14-19(20(15-25)23(2)3)17-7-9-18(27-4)10-8-17/h7-11,13,19-20H,5-6,12,14-15H2,1-4H3/t19-,20+/m0/s1. The molecule has 1 aliphatic heterocycles. The molecule has 0 bridgehead atoms. The van der Waals surface area contributed by atoms with Gasteiger partial charge in [0.25, 0.3) is 0 Å². The summed E-state index contributed by atoms with van der Waals surface area (Å²) >= 11 is 0. The minimum atomic E-state index is 0.246. The number of methoxy groups -OCH3 is 1. The maximum Gasteiger partial charge on any atom is 0.222 e. The van der Waals surface area contributed by atoms with Crippen LogP contribution < -0.4 is 4.74 Å². The topological polar surface area (TPSA) is 50.6 Å². The van der Waals surface area contributed by atoms with Gasteiger partial charge in [0, 0.05) is 50.4 Å². The number of imidazole rings is 1. The number of nitrogens with zero attached hydrogens (tertiary/aromatic N) is 4. The number of aromatic nitrogens is 2. The van der Waals surface area contributed by atoms with Crippen LogP contribution >= 0.6 is 0 Å². The molecule has 0 N–H and O–H groups in total. The van der Waals surface area contributed by atoms with Crippen molar-refractivity contribution in [1.82, 2.24) is 19.4 Å². The zero-order valence-electron chi connectivity index (χ0n) is 16.8. The monoisotopic (exact) mass is 370 g/mol. The maximum atomic E-state index is 12.8. The average molecular weight is 370 g/mol. The molecular weight excluding hydrogens is 340 g/mol. The van der Waals surface area contributed by atoms with E-state index in [4.69, 9.17) is 4.74 Å². The Kier molecular flexibility index (Phi) is 6.16. The van der Waals surface area contributed by atoms with Crippen LogP contribution in [-0.2, 0) is 11.3 Å². The van der Waals surface area contributed by atoms with E-state index in [1.54, 1.807) is 13.3 Å². The molecule has 0 aliphatic carbocycles. The number of rotatable bonds is 7. The summed E-state index contributed by atoms with van der Waals surface area (Å²) < 4.78 is 7.36. The average Bonchev–Trinajstić information content (AvgIpc) is 3.29. The molecule has 1 fully saturated rings. The van der Waals surface area contributed by atoms with Gasteiger partial charge < -0.3 is 19.1 Å². The summed E-state index contributed by atoms with van der Waals surface area (Å²) in [4.78, 5) is 21.3. The summed E-state index contributed by atoms with van der Waals surface area (Å²) in [5.41, 5.74) is 1.26. The smallest absolute Gasteiger partial charge is 0.222 e. The highest BCUT2D eigenvalue weighted by atomic mass is 16.5. The molecule has 1 aromatic carbocycles. The molecule has 1 aliphatic rings. The number of carbonyl (C=O) groups excluding carboxylic acids is 1. The van der Waals surface area contributed by atoms with Crippen LogP contribution in [0.4, 0.5) is 0 Å². The van der Waals surface area contributed by atoms with Gasteiger partial charge in [0.2, 0.25) is 5.91 Å². The van der Waals surface area contributed by atoms with Gasteiger partial charge in [-0.1, -0.05) is 12.1 Å². The van der Waals surface area contributed by atoms with Crippen LogP contribution in [0, 0.1) is 6.92 Å². The molecule has 2 heterocycles. The molecule has 0 radical (unpaired) electrons. The molecule has 6 nitrogen and oxygen atoms in total. The zero-order valence-corrected chi connectivity index (χ0v) is 16.8. The molecule has 27 heavy (non-hydrogen) atoms. The molecule has 1 amide bonds. The molecule has 3 rings (SSSR count). The highest BCUT2D eigenvalue weighted by molar-refractivity contribution is 5.76.